The molecule has 0 radical (unpaired) electrons. The van der Waals surface area contributed by atoms with E-state index in [4.69, 9.17) is 4.74 Å². The molecule has 0 aromatic carbocycles. The van der Waals surface area contributed by atoms with Crippen molar-refractivity contribution in [3.8, 4) is 0 Å². The number of esters is 1. The molecule has 0 aliphatic rings. The third-order valence-corrected chi connectivity index (χ3v) is 16.3. The van der Waals surface area contributed by atoms with Gasteiger partial charge in [-0.15, -0.1) is 0 Å². The topological polar surface area (TPSA) is 95.9 Å². The SMILES string of the molecule is CCCCCCCC/C=C\CCCCCCCCCC(=O)OCC/C=C\C/C=C\CCCCCCCCCCCCCCCCC(=O)NC(CO)C(O)/C=C/CCCCCCCCCCCCCCCCCCCCCCCC. The molecule has 6 nitrogen and oxygen atoms in total. The van der Waals surface area contributed by atoms with Crippen LogP contribution in [0.5, 0.6) is 0 Å². The Bertz CT molecular complexity index is 1320. The summed E-state index contributed by atoms with van der Waals surface area (Å²) in [5.41, 5.74) is 0. The number of aliphatic hydroxyl groups excluding tert-OH is 2. The minimum absolute atomic E-state index is 0.0387. The van der Waals surface area contributed by atoms with Crippen molar-refractivity contribution in [3.63, 3.8) is 0 Å². The predicted octanol–water partition coefficient (Wildman–Crippen LogP) is 22.9. The lowest BCUT2D eigenvalue weighted by atomic mass is 10.0. The molecule has 1 amide bonds. The Hall–Kier alpha value is -2.18. The van der Waals surface area contributed by atoms with Gasteiger partial charge in [0.15, 0.2) is 0 Å². The van der Waals surface area contributed by atoms with E-state index in [1.807, 2.05) is 6.08 Å². The highest BCUT2D eigenvalue weighted by atomic mass is 16.5. The van der Waals surface area contributed by atoms with Crippen molar-refractivity contribution < 1.29 is 24.5 Å². The average Bonchev–Trinajstić information content (AvgIpc) is 3.45. The summed E-state index contributed by atoms with van der Waals surface area (Å²) in [4.78, 5) is 24.6. The van der Waals surface area contributed by atoms with E-state index < -0.39 is 12.1 Å². The fourth-order valence-corrected chi connectivity index (χ4v) is 10.9. The smallest absolute Gasteiger partial charge is 0.305 e. The molecule has 0 bridgehead atoms. The Balaban J connectivity index is 3.47. The lowest BCUT2D eigenvalue weighted by molar-refractivity contribution is -0.143. The zero-order valence-corrected chi connectivity index (χ0v) is 53.1. The standard InChI is InChI=1S/C73H137NO5/c1-3-5-7-9-11-13-15-17-19-21-22-23-24-25-27-30-34-37-41-45-49-53-57-61-65-71(76)70(69-75)74-72(77)66-62-58-54-50-46-42-38-35-31-28-26-29-32-36-40-44-48-52-56-60-64-68-79-73(78)67-63-59-55-51-47-43-39-33-20-18-16-14-12-10-8-6-4-2/h18,20,44,48,56,60-61,65,70-71,75-76H,3-17,19,21-43,45-47,49-55,57-59,62-64,66-69H2,1-2H3,(H,74,77)/b20-18-,48-44-,60-56-,65-61+. The highest BCUT2D eigenvalue weighted by Crippen LogP contribution is 2.18. The van der Waals surface area contributed by atoms with Crippen molar-refractivity contribution in [1.29, 1.82) is 0 Å². The Kier molecular flexibility index (Phi) is 66.4. The molecule has 0 spiro atoms. The second-order valence-corrected chi connectivity index (χ2v) is 24.2. The first kappa shape index (κ1) is 76.8. The van der Waals surface area contributed by atoms with Crippen LogP contribution in [0.2, 0.25) is 0 Å². The van der Waals surface area contributed by atoms with E-state index in [-0.39, 0.29) is 18.5 Å². The monoisotopic (exact) mass is 1110 g/mol. The minimum atomic E-state index is -0.851. The van der Waals surface area contributed by atoms with Gasteiger partial charge in [-0.05, 0) is 77.0 Å². The van der Waals surface area contributed by atoms with E-state index in [1.54, 1.807) is 6.08 Å². The van der Waals surface area contributed by atoms with E-state index in [0.29, 0.717) is 19.4 Å². The van der Waals surface area contributed by atoms with Crippen LogP contribution in [-0.2, 0) is 14.3 Å². The summed E-state index contributed by atoms with van der Waals surface area (Å²) in [6.45, 7) is 4.82. The highest BCUT2D eigenvalue weighted by Gasteiger charge is 2.18. The first-order valence-corrected chi connectivity index (χ1v) is 35.4. The summed E-state index contributed by atoms with van der Waals surface area (Å²) >= 11 is 0. The molecule has 3 N–H and O–H groups in total. The number of ether oxygens (including phenoxy) is 1. The fraction of sp³-hybridized carbons (Fsp3) is 0.863. The lowest BCUT2D eigenvalue weighted by Crippen LogP contribution is -2.45. The van der Waals surface area contributed by atoms with E-state index in [9.17, 15) is 19.8 Å². The predicted molar refractivity (Wildman–Crippen MR) is 347 cm³/mol. The number of unbranched alkanes of at least 4 members (excludes halogenated alkanes) is 49. The van der Waals surface area contributed by atoms with Crippen molar-refractivity contribution in [2.45, 2.75) is 392 Å². The largest absolute Gasteiger partial charge is 0.465 e. The van der Waals surface area contributed by atoms with Gasteiger partial charge in [0.05, 0.1) is 25.4 Å². The molecule has 0 fully saturated rings. The molecule has 0 saturated carbocycles. The molecule has 464 valence electrons. The van der Waals surface area contributed by atoms with Crippen molar-refractivity contribution >= 4 is 11.9 Å². The number of aliphatic hydroxyl groups is 2. The molecule has 0 aromatic heterocycles. The molecule has 79 heavy (non-hydrogen) atoms. The van der Waals surface area contributed by atoms with Crippen LogP contribution < -0.4 is 5.32 Å². The lowest BCUT2D eigenvalue weighted by Gasteiger charge is -2.20. The summed E-state index contributed by atoms with van der Waals surface area (Å²) in [5.74, 6) is -0.108. The van der Waals surface area contributed by atoms with E-state index in [2.05, 4.69) is 55.6 Å². The van der Waals surface area contributed by atoms with Gasteiger partial charge in [-0.2, -0.15) is 0 Å². The van der Waals surface area contributed by atoms with Gasteiger partial charge in [-0.1, -0.05) is 339 Å². The number of nitrogens with one attached hydrogen (secondary N) is 1. The van der Waals surface area contributed by atoms with Crippen LogP contribution in [0, 0.1) is 0 Å². The number of amides is 1. The van der Waals surface area contributed by atoms with Crippen LogP contribution in [0.3, 0.4) is 0 Å². The molecule has 0 aromatic rings. The molecule has 0 heterocycles. The molecule has 0 aliphatic carbocycles. The van der Waals surface area contributed by atoms with Crippen LogP contribution in [0.4, 0.5) is 0 Å². The van der Waals surface area contributed by atoms with Gasteiger partial charge in [0.1, 0.15) is 0 Å². The first-order chi connectivity index (χ1) is 39.0. The second-order valence-electron chi connectivity index (χ2n) is 24.2. The number of hydrogen-bond donors (Lipinski definition) is 3. The fourth-order valence-electron chi connectivity index (χ4n) is 10.9. The summed E-state index contributed by atoms with van der Waals surface area (Å²) in [7, 11) is 0. The first-order valence-electron chi connectivity index (χ1n) is 35.4. The third-order valence-electron chi connectivity index (χ3n) is 16.3. The number of carbonyl (C=O) groups excluding carboxylic acids is 2. The Morgan fingerprint density at radius 3 is 0.975 bits per heavy atom. The Labute approximate surface area is 493 Å². The van der Waals surface area contributed by atoms with E-state index >= 15 is 0 Å². The second kappa shape index (κ2) is 68.3. The maximum absolute atomic E-state index is 12.5. The van der Waals surface area contributed by atoms with Gasteiger partial charge in [0.25, 0.3) is 0 Å². The number of hydrogen-bond acceptors (Lipinski definition) is 5. The molecule has 2 unspecified atom stereocenters. The number of allylic oxidation sites excluding steroid dienone is 6. The molecular formula is C73H137NO5. The van der Waals surface area contributed by atoms with Crippen LogP contribution >= 0.6 is 0 Å². The van der Waals surface area contributed by atoms with E-state index in [0.717, 1.165) is 51.4 Å². The summed E-state index contributed by atoms with van der Waals surface area (Å²) < 4.78 is 5.43. The van der Waals surface area contributed by atoms with E-state index in [1.165, 1.54) is 302 Å². The molecule has 2 atom stereocenters. The average molecular weight is 1110 g/mol. The van der Waals surface area contributed by atoms with Gasteiger partial charge in [0, 0.05) is 12.8 Å². The summed E-state index contributed by atoms with van der Waals surface area (Å²) in [6, 6.07) is -0.634. The summed E-state index contributed by atoms with van der Waals surface area (Å²) in [6.07, 6.45) is 89.1. The van der Waals surface area contributed by atoms with Crippen molar-refractivity contribution in [2.24, 2.45) is 0 Å². The number of rotatable bonds is 66. The van der Waals surface area contributed by atoms with Crippen LogP contribution in [-0.4, -0.2) is 47.4 Å². The maximum Gasteiger partial charge on any atom is 0.305 e. The zero-order chi connectivity index (χ0) is 57.1. The number of carbonyl (C=O) groups is 2. The van der Waals surface area contributed by atoms with Crippen LogP contribution in [0.15, 0.2) is 48.6 Å². The quantitative estimate of drug-likeness (QED) is 0.0320. The van der Waals surface area contributed by atoms with Crippen molar-refractivity contribution in [2.75, 3.05) is 13.2 Å². The van der Waals surface area contributed by atoms with Crippen molar-refractivity contribution in [1.82, 2.24) is 5.32 Å². The van der Waals surface area contributed by atoms with Gasteiger partial charge in [0.2, 0.25) is 5.91 Å². The van der Waals surface area contributed by atoms with Gasteiger partial charge in [-0.25, -0.2) is 0 Å². The molecule has 0 aliphatic heterocycles. The van der Waals surface area contributed by atoms with Gasteiger partial charge >= 0.3 is 5.97 Å². The van der Waals surface area contributed by atoms with Gasteiger partial charge in [-0.3, -0.25) is 9.59 Å². The van der Waals surface area contributed by atoms with Crippen LogP contribution in [0.1, 0.15) is 380 Å². The Morgan fingerprint density at radius 2 is 0.633 bits per heavy atom. The molecule has 0 saturated heterocycles. The molecule has 0 rings (SSSR count). The van der Waals surface area contributed by atoms with Gasteiger partial charge < -0.3 is 20.3 Å². The van der Waals surface area contributed by atoms with Crippen LogP contribution in [0.25, 0.3) is 0 Å². The normalized spacial score (nSPS) is 12.8. The zero-order valence-electron chi connectivity index (χ0n) is 53.1. The Morgan fingerprint density at radius 1 is 0.354 bits per heavy atom. The molecule has 6 heteroatoms. The molecular weight excluding hydrogens is 971 g/mol. The minimum Gasteiger partial charge on any atom is -0.465 e. The third kappa shape index (κ3) is 64.8. The van der Waals surface area contributed by atoms with Crippen molar-refractivity contribution in [3.05, 3.63) is 48.6 Å². The summed E-state index contributed by atoms with van der Waals surface area (Å²) in [5, 5.41) is 23.3. The highest BCUT2D eigenvalue weighted by molar-refractivity contribution is 5.76. The maximum atomic E-state index is 12.5.